The van der Waals surface area contributed by atoms with Crippen LogP contribution in [0.4, 0.5) is 0 Å². The lowest BCUT2D eigenvalue weighted by Gasteiger charge is -2.19. The van der Waals surface area contributed by atoms with Crippen LogP contribution in [0.5, 0.6) is 0 Å². The molecule has 0 bridgehead atoms. The third kappa shape index (κ3) is 3.30. The first kappa shape index (κ1) is 14.6. The summed E-state index contributed by atoms with van der Waals surface area (Å²) in [5.41, 5.74) is 1.26. The van der Waals surface area contributed by atoms with Crippen molar-refractivity contribution >= 4 is 22.8 Å². The van der Waals surface area contributed by atoms with Gasteiger partial charge in [-0.2, -0.15) is 0 Å². The molecule has 22 heavy (non-hydrogen) atoms. The molecule has 1 N–H and O–H groups in total. The molecule has 1 fully saturated rings. The number of hydrogen-bond donors (Lipinski definition) is 1. The Hall–Kier alpha value is -2.30. The Balaban J connectivity index is 1.58. The highest BCUT2D eigenvalue weighted by molar-refractivity contribution is 5.95. The number of nitrogens with one attached hydrogen (secondary N) is 1. The van der Waals surface area contributed by atoms with Gasteiger partial charge in [0.05, 0.1) is 0 Å². The molecule has 2 heterocycles. The molecule has 0 atom stereocenters. The number of para-hydroxylation sites is 1. The van der Waals surface area contributed by atoms with E-state index in [1.165, 1.54) is 12.8 Å². The second-order valence-corrected chi connectivity index (χ2v) is 5.64. The van der Waals surface area contributed by atoms with Crippen molar-refractivity contribution in [3.05, 3.63) is 36.0 Å². The van der Waals surface area contributed by atoms with E-state index in [1.807, 2.05) is 24.3 Å². The largest absolute Gasteiger partial charge is 0.451 e. The second kappa shape index (κ2) is 6.64. The zero-order chi connectivity index (χ0) is 15.4. The van der Waals surface area contributed by atoms with Gasteiger partial charge in [-0.25, -0.2) is 4.79 Å². The minimum Gasteiger partial charge on any atom is -0.451 e. The smallest absolute Gasteiger partial charge is 0.355 e. The quantitative estimate of drug-likeness (QED) is 0.887. The number of H-pyrrole nitrogens is 1. The summed E-state index contributed by atoms with van der Waals surface area (Å²) in [7, 11) is 0. The number of aromatic amines is 1. The molecule has 116 valence electrons. The van der Waals surface area contributed by atoms with Gasteiger partial charge >= 0.3 is 5.97 Å². The molecule has 0 saturated carbocycles. The van der Waals surface area contributed by atoms with Gasteiger partial charge in [-0.15, -0.1) is 0 Å². The van der Waals surface area contributed by atoms with Crippen LogP contribution in [0.1, 0.15) is 36.2 Å². The number of esters is 1. The molecule has 2 aromatic rings. The molecule has 3 rings (SSSR count). The Labute approximate surface area is 129 Å². The molecule has 0 aliphatic carbocycles. The van der Waals surface area contributed by atoms with Crippen molar-refractivity contribution in [3.63, 3.8) is 0 Å². The lowest BCUT2D eigenvalue weighted by Crippen LogP contribution is -2.35. The van der Waals surface area contributed by atoms with Crippen LogP contribution in [0.25, 0.3) is 10.9 Å². The van der Waals surface area contributed by atoms with E-state index in [1.54, 1.807) is 11.0 Å². The van der Waals surface area contributed by atoms with E-state index in [2.05, 4.69) is 4.98 Å². The van der Waals surface area contributed by atoms with Gasteiger partial charge in [0.2, 0.25) is 0 Å². The molecule has 5 heteroatoms. The summed E-state index contributed by atoms with van der Waals surface area (Å²) < 4.78 is 5.15. The zero-order valence-corrected chi connectivity index (χ0v) is 12.5. The Bertz CT molecular complexity index is 636. The average molecular weight is 300 g/mol. The summed E-state index contributed by atoms with van der Waals surface area (Å²) in [4.78, 5) is 28.9. The standard InChI is InChI=1S/C17H20N2O3/c20-16(19-9-5-1-2-6-10-19)12-22-17(21)15-11-13-7-3-4-8-14(13)18-15/h3-4,7-8,11,18H,1-2,5-6,9-10,12H2. The van der Waals surface area contributed by atoms with Crippen LogP contribution in [-0.4, -0.2) is 41.5 Å². The molecule has 1 aliphatic heterocycles. The number of carbonyl (C=O) groups is 2. The molecule has 1 saturated heterocycles. The maximum Gasteiger partial charge on any atom is 0.355 e. The first-order valence-electron chi connectivity index (χ1n) is 7.77. The van der Waals surface area contributed by atoms with Crippen LogP contribution in [0, 0.1) is 0 Å². The van der Waals surface area contributed by atoms with E-state index < -0.39 is 5.97 Å². The van der Waals surface area contributed by atoms with E-state index in [0.29, 0.717) is 5.69 Å². The minimum atomic E-state index is -0.487. The molecule has 0 radical (unpaired) electrons. The molecular weight excluding hydrogens is 280 g/mol. The van der Waals surface area contributed by atoms with Crippen LogP contribution < -0.4 is 0 Å². The SMILES string of the molecule is O=C(OCC(=O)N1CCCCCC1)c1cc2ccccc2[nH]1. The van der Waals surface area contributed by atoms with Crippen molar-refractivity contribution in [1.82, 2.24) is 9.88 Å². The van der Waals surface area contributed by atoms with Gasteiger partial charge in [-0.1, -0.05) is 31.0 Å². The lowest BCUT2D eigenvalue weighted by atomic mass is 10.2. The number of benzene rings is 1. The van der Waals surface area contributed by atoms with Crippen LogP contribution in [0.3, 0.4) is 0 Å². The molecule has 5 nitrogen and oxygen atoms in total. The fourth-order valence-electron chi connectivity index (χ4n) is 2.80. The van der Waals surface area contributed by atoms with Crippen LogP contribution >= 0.6 is 0 Å². The highest BCUT2D eigenvalue weighted by atomic mass is 16.5. The van der Waals surface area contributed by atoms with Gasteiger partial charge in [-0.05, 0) is 25.0 Å². The van der Waals surface area contributed by atoms with Gasteiger partial charge in [0, 0.05) is 24.0 Å². The highest BCUT2D eigenvalue weighted by Crippen LogP contribution is 2.15. The number of rotatable bonds is 3. The van der Waals surface area contributed by atoms with Crippen molar-refractivity contribution < 1.29 is 14.3 Å². The number of fused-ring (bicyclic) bond motifs is 1. The van der Waals surface area contributed by atoms with Gasteiger partial charge in [0.25, 0.3) is 5.91 Å². The third-order valence-corrected chi connectivity index (χ3v) is 4.04. The summed E-state index contributed by atoms with van der Waals surface area (Å²) >= 11 is 0. The zero-order valence-electron chi connectivity index (χ0n) is 12.5. The molecule has 0 spiro atoms. The monoisotopic (exact) mass is 300 g/mol. The number of likely N-dealkylation sites (tertiary alicyclic amines) is 1. The fraction of sp³-hybridized carbons (Fsp3) is 0.412. The van der Waals surface area contributed by atoms with E-state index in [0.717, 1.165) is 36.8 Å². The molecule has 1 aromatic carbocycles. The van der Waals surface area contributed by atoms with E-state index >= 15 is 0 Å². The molecule has 0 unspecified atom stereocenters. The van der Waals surface area contributed by atoms with E-state index in [4.69, 9.17) is 4.74 Å². The van der Waals surface area contributed by atoms with Gasteiger partial charge in [0.15, 0.2) is 6.61 Å². The first-order chi connectivity index (χ1) is 10.7. The molecule has 1 aromatic heterocycles. The summed E-state index contributed by atoms with van der Waals surface area (Å²) in [6, 6.07) is 9.37. The summed E-state index contributed by atoms with van der Waals surface area (Å²) in [6.45, 7) is 1.35. The normalized spacial score (nSPS) is 15.5. The number of aromatic nitrogens is 1. The van der Waals surface area contributed by atoms with E-state index in [-0.39, 0.29) is 12.5 Å². The van der Waals surface area contributed by atoms with Crippen molar-refractivity contribution in [2.45, 2.75) is 25.7 Å². The maximum absolute atomic E-state index is 12.1. The Morgan fingerprint density at radius 1 is 1.09 bits per heavy atom. The summed E-state index contributed by atoms with van der Waals surface area (Å²) in [6.07, 6.45) is 4.39. The molecular formula is C17H20N2O3. The summed E-state index contributed by atoms with van der Waals surface area (Å²) in [5.74, 6) is -0.592. The lowest BCUT2D eigenvalue weighted by molar-refractivity contribution is -0.134. The van der Waals surface area contributed by atoms with Crippen molar-refractivity contribution in [2.24, 2.45) is 0 Å². The number of amides is 1. The summed E-state index contributed by atoms with van der Waals surface area (Å²) in [5, 5.41) is 0.952. The van der Waals surface area contributed by atoms with Gasteiger partial charge in [0.1, 0.15) is 5.69 Å². The minimum absolute atomic E-state index is 0.105. The van der Waals surface area contributed by atoms with Crippen molar-refractivity contribution in [2.75, 3.05) is 19.7 Å². The Morgan fingerprint density at radius 2 is 1.82 bits per heavy atom. The van der Waals surface area contributed by atoms with Crippen LogP contribution in [0.2, 0.25) is 0 Å². The maximum atomic E-state index is 12.1. The predicted octanol–water partition coefficient (Wildman–Crippen LogP) is 2.73. The number of hydrogen-bond acceptors (Lipinski definition) is 3. The third-order valence-electron chi connectivity index (χ3n) is 4.04. The van der Waals surface area contributed by atoms with E-state index in [9.17, 15) is 9.59 Å². The van der Waals surface area contributed by atoms with Crippen molar-refractivity contribution in [1.29, 1.82) is 0 Å². The van der Waals surface area contributed by atoms with Crippen LogP contribution in [0.15, 0.2) is 30.3 Å². The molecule has 1 aliphatic rings. The fourth-order valence-corrected chi connectivity index (χ4v) is 2.80. The second-order valence-electron chi connectivity index (χ2n) is 5.64. The predicted molar refractivity (Wildman–Crippen MR) is 83.6 cm³/mol. The topological polar surface area (TPSA) is 62.4 Å². The van der Waals surface area contributed by atoms with Gasteiger partial charge in [-0.3, -0.25) is 4.79 Å². The van der Waals surface area contributed by atoms with Crippen LogP contribution in [-0.2, 0) is 9.53 Å². The Kier molecular flexibility index (Phi) is 4.42. The molecule has 1 amide bonds. The highest BCUT2D eigenvalue weighted by Gasteiger charge is 2.18. The van der Waals surface area contributed by atoms with Crippen molar-refractivity contribution in [3.8, 4) is 0 Å². The number of carbonyl (C=O) groups excluding carboxylic acids is 2. The number of nitrogens with zero attached hydrogens (tertiary/aromatic N) is 1. The Morgan fingerprint density at radius 3 is 2.55 bits per heavy atom. The van der Waals surface area contributed by atoms with Gasteiger partial charge < -0.3 is 14.6 Å². The number of ether oxygens (including phenoxy) is 1. The first-order valence-corrected chi connectivity index (χ1v) is 7.77. The average Bonchev–Trinajstić information content (AvgIpc) is 2.78.